The van der Waals surface area contributed by atoms with Gasteiger partial charge in [0.1, 0.15) is 5.69 Å². The molecule has 0 aliphatic heterocycles. The lowest BCUT2D eigenvalue weighted by atomic mass is 10.1. The van der Waals surface area contributed by atoms with E-state index in [2.05, 4.69) is 15.6 Å². The van der Waals surface area contributed by atoms with Crippen LogP contribution in [0.4, 0.5) is 11.4 Å². The molecule has 3 rings (SSSR count). The molecule has 3 aromatic rings. The summed E-state index contributed by atoms with van der Waals surface area (Å²) in [5.41, 5.74) is 1.44. The minimum absolute atomic E-state index is 0.0802. The quantitative estimate of drug-likeness (QED) is 0.509. The van der Waals surface area contributed by atoms with Crippen LogP contribution in [0.1, 0.15) is 46.2 Å². The Morgan fingerprint density at radius 3 is 2.59 bits per heavy atom. The molecule has 29 heavy (non-hydrogen) atoms. The van der Waals surface area contributed by atoms with Gasteiger partial charge in [0.2, 0.25) is 5.91 Å². The molecule has 0 bridgehead atoms. The van der Waals surface area contributed by atoms with Crippen LogP contribution in [0.5, 0.6) is 0 Å². The molecule has 1 heterocycles. The first-order valence-electron chi connectivity index (χ1n) is 8.93. The zero-order chi connectivity index (χ0) is 21.0. The lowest BCUT2D eigenvalue weighted by Crippen LogP contribution is -2.15. The molecule has 0 spiro atoms. The maximum absolute atomic E-state index is 12.7. The van der Waals surface area contributed by atoms with Gasteiger partial charge in [-0.15, -0.1) is 0 Å². The van der Waals surface area contributed by atoms with Crippen LogP contribution in [0, 0.1) is 11.3 Å². The van der Waals surface area contributed by atoms with E-state index in [1.165, 1.54) is 18.2 Å². The molecule has 0 saturated carbocycles. The predicted molar refractivity (Wildman–Crippen MR) is 108 cm³/mol. The molecule has 146 valence electrons. The fourth-order valence-corrected chi connectivity index (χ4v) is 2.91. The summed E-state index contributed by atoms with van der Waals surface area (Å²) in [6.07, 6.45) is 1.11. The summed E-state index contributed by atoms with van der Waals surface area (Å²) in [5.74, 6) is -1.92. The van der Waals surface area contributed by atoms with Gasteiger partial charge in [-0.2, -0.15) is 5.26 Å². The SMILES string of the molecule is CCCC(=O)Nc1cccc2cc(C(=O)Nc3ccc(C#N)cc3C(=O)O)[nH]c12. The first-order valence-corrected chi connectivity index (χ1v) is 8.93. The number of para-hydroxylation sites is 1. The molecule has 8 heteroatoms. The Hall–Kier alpha value is -4.12. The normalized spacial score (nSPS) is 10.3. The number of nitrogens with one attached hydrogen (secondary N) is 3. The van der Waals surface area contributed by atoms with E-state index in [1.807, 2.05) is 13.0 Å². The van der Waals surface area contributed by atoms with Crippen molar-refractivity contribution < 1.29 is 19.5 Å². The van der Waals surface area contributed by atoms with Crippen LogP contribution in [-0.4, -0.2) is 27.9 Å². The van der Waals surface area contributed by atoms with Crippen LogP contribution in [0.3, 0.4) is 0 Å². The highest BCUT2D eigenvalue weighted by Crippen LogP contribution is 2.25. The third-order valence-corrected chi connectivity index (χ3v) is 4.28. The Morgan fingerprint density at radius 2 is 1.90 bits per heavy atom. The van der Waals surface area contributed by atoms with Crippen molar-refractivity contribution in [1.82, 2.24) is 4.98 Å². The van der Waals surface area contributed by atoms with Crippen molar-refractivity contribution in [2.45, 2.75) is 19.8 Å². The van der Waals surface area contributed by atoms with Gasteiger partial charge in [0, 0.05) is 11.8 Å². The number of carboxylic acid groups (broad SMARTS) is 1. The minimum Gasteiger partial charge on any atom is -0.478 e. The second kappa shape index (κ2) is 8.27. The third kappa shape index (κ3) is 4.25. The predicted octanol–water partition coefficient (Wildman–Crippen LogP) is 3.73. The fourth-order valence-electron chi connectivity index (χ4n) is 2.91. The lowest BCUT2D eigenvalue weighted by Gasteiger charge is -2.08. The molecule has 2 aromatic carbocycles. The van der Waals surface area contributed by atoms with Crippen molar-refractivity contribution in [2.75, 3.05) is 10.6 Å². The zero-order valence-corrected chi connectivity index (χ0v) is 15.6. The molecule has 0 radical (unpaired) electrons. The van der Waals surface area contributed by atoms with Crippen LogP contribution in [0.2, 0.25) is 0 Å². The average molecular weight is 390 g/mol. The molecule has 4 N–H and O–H groups in total. The van der Waals surface area contributed by atoms with Crippen molar-refractivity contribution in [3.05, 3.63) is 59.3 Å². The van der Waals surface area contributed by atoms with Gasteiger partial charge in [0.05, 0.1) is 34.1 Å². The Bertz CT molecular complexity index is 1160. The first-order chi connectivity index (χ1) is 13.9. The van der Waals surface area contributed by atoms with E-state index in [4.69, 9.17) is 5.26 Å². The summed E-state index contributed by atoms with van der Waals surface area (Å²) in [6.45, 7) is 1.91. The Kier molecular flexibility index (Phi) is 5.60. The van der Waals surface area contributed by atoms with E-state index >= 15 is 0 Å². The summed E-state index contributed by atoms with van der Waals surface area (Å²) in [4.78, 5) is 39.0. The molecule has 8 nitrogen and oxygen atoms in total. The topological polar surface area (TPSA) is 135 Å². The zero-order valence-electron chi connectivity index (χ0n) is 15.6. The number of nitriles is 1. The van der Waals surface area contributed by atoms with Gasteiger partial charge in [-0.1, -0.05) is 19.1 Å². The molecule has 0 fully saturated rings. The summed E-state index contributed by atoms with van der Waals surface area (Å²) in [6, 6.07) is 12.8. The van der Waals surface area contributed by atoms with Crippen LogP contribution < -0.4 is 10.6 Å². The minimum atomic E-state index is -1.25. The first kappa shape index (κ1) is 19.6. The van der Waals surface area contributed by atoms with Crippen molar-refractivity contribution in [3.63, 3.8) is 0 Å². The maximum Gasteiger partial charge on any atom is 0.337 e. The number of aromatic nitrogens is 1. The van der Waals surface area contributed by atoms with E-state index in [0.717, 1.165) is 11.8 Å². The van der Waals surface area contributed by atoms with Crippen molar-refractivity contribution in [1.29, 1.82) is 5.26 Å². The number of aromatic carboxylic acids is 1. The molecule has 0 saturated heterocycles. The monoisotopic (exact) mass is 390 g/mol. The second-order valence-corrected chi connectivity index (χ2v) is 6.38. The van der Waals surface area contributed by atoms with Gasteiger partial charge < -0.3 is 20.7 Å². The molecule has 0 atom stereocenters. The van der Waals surface area contributed by atoms with E-state index in [9.17, 15) is 19.5 Å². The highest BCUT2D eigenvalue weighted by Gasteiger charge is 2.17. The summed E-state index contributed by atoms with van der Waals surface area (Å²) >= 11 is 0. The number of aromatic amines is 1. The van der Waals surface area contributed by atoms with E-state index in [-0.39, 0.29) is 28.4 Å². The number of carboxylic acids is 1. The summed E-state index contributed by atoms with van der Waals surface area (Å²) in [7, 11) is 0. The van der Waals surface area contributed by atoms with Gasteiger partial charge in [-0.05, 0) is 36.8 Å². The summed E-state index contributed by atoms with van der Waals surface area (Å²) in [5, 5.41) is 24.4. The average Bonchev–Trinajstić information content (AvgIpc) is 3.14. The molecule has 0 aliphatic rings. The maximum atomic E-state index is 12.7. The van der Waals surface area contributed by atoms with Gasteiger partial charge in [-0.3, -0.25) is 9.59 Å². The highest BCUT2D eigenvalue weighted by atomic mass is 16.4. The van der Waals surface area contributed by atoms with Crippen molar-refractivity contribution in [3.8, 4) is 6.07 Å². The number of benzene rings is 2. The number of carbonyl (C=O) groups is 3. The molecule has 2 amide bonds. The molecular weight excluding hydrogens is 372 g/mol. The van der Waals surface area contributed by atoms with E-state index in [0.29, 0.717) is 17.6 Å². The van der Waals surface area contributed by atoms with Crippen LogP contribution in [-0.2, 0) is 4.79 Å². The number of fused-ring (bicyclic) bond motifs is 1. The van der Waals surface area contributed by atoms with Gasteiger partial charge in [0.25, 0.3) is 5.91 Å². The van der Waals surface area contributed by atoms with Crippen LogP contribution >= 0.6 is 0 Å². The molecule has 1 aromatic heterocycles. The van der Waals surface area contributed by atoms with Gasteiger partial charge in [0.15, 0.2) is 0 Å². The number of hydrogen-bond acceptors (Lipinski definition) is 4. The highest BCUT2D eigenvalue weighted by molar-refractivity contribution is 6.10. The van der Waals surface area contributed by atoms with Crippen LogP contribution in [0.15, 0.2) is 42.5 Å². The Labute approximate surface area is 166 Å². The Balaban J connectivity index is 1.90. The number of nitrogens with zero attached hydrogens (tertiary/aromatic N) is 1. The number of rotatable bonds is 6. The number of carbonyl (C=O) groups excluding carboxylic acids is 2. The third-order valence-electron chi connectivity index (χ3n) is 4.28. The van der Waals surface area contributed by atoms with E-state index in [1.54, 1.807) is 24.3 Å². The molecule has 0 unspecified atom stereocenters. The van der Waals surface area contributed by atoms with Crippen molar-refractivity contribution >= 4 is 40.1 Å². The lowest BCUT2D eigenvalue weighted by molar-refractivity contribution is -0.116. The summed E-state index contributed by atoms with van der Waals surface area (Å²) < 4.78 is 0. The molecule has 0 aliphatic carbocycles. The molecular formula is C21H18N4O4. The number of H-pyrrole nitrogens is 1. The standard InChI is InChI=1S/C21H18N4O4/c1-2-4-18(26)23-16-6-3-5-13-10-17(24-19(13)16)20(27)25-15-8-7-12(11-22)9-14(15)21(28)29/h3,5-10,24H,2,4H2,1H3,(H,23,26)(H,25,27)(H,28,29). The van der Waals surface area contributed by atoms with Crippen LogP contribution in [0.25, 0.3) is 10.9 Å². The second-order valence-electron chi connectivity index (χ2n) is 6.38. The smallest absolute Gasteiger partial charge is 0.337 e. The number of hydrogen-bond donors (Lipinski definition) is 4. The largest absolute Gasteiger partial charge is 0.478 e. The van der Waals surface area contributed by atoms with Gasteiger partial charge in [-0.25, -0.2) is 4.79 Å². The fraction of sp³-hybridized carbons (Fsp3) is 0.143. The number of amides is 2. The Morgan fingerprint density at radius 1 is 1.10 bits per heavy atom. The van der Waals surface area contributed by atoms with Gasteiger partial charge >= 0.3 is 5.97 Å². The van der Waals surface area contributed by atoms with Crippen molar-refractivity contribution in [2.24, 2.45) is 0 Å². The van der Waals surface area contributed by atoms with E-state index < -0.39 is 11.9 Å². The number of anilines is 2.